The van der Waals surface area contributed by atoms with Gasteiger partial charge in [-0.05, 0) is 96.3 Å². The van der Waals surface area contributed by atoms with Gasteiger partial charge in [0.1, 0.15) is 25.4 Å². The highest BCUT2D eigenvalue weighted by molar-refractivity contribution is 7.47. The highest BCUT2D eigenvalue weighted by atomic mass is 31.2. The third-order valence-corrected chi connectivity index (χ3v) is 17.0. The summed E-state index contributed by atoms with van der Waals surface area (Å²) in [5, 5.41) is 20.6. The molecule has 0 bridgehead atoms. The largest absolute Gasteiger partial charge is 0.472 e. The lowest BCUT2D eigenvalue weighted by Crippen LogP contribution is -2.30. The van der Waals surface area contributed by atoms with Gasteiger partial charge in [0.05, 0.1) is 26.4 Å². The molecule has 0 aliphatic heterocycles. The van der Waals surface area contributed by atoms with E-state index in [0.29, 0.717) is 19.3 Å². The van der Waals surface area contributed by atoms with Crippen molar-refractivity contribution in [3.63, 3.8) is 0 Å². The van der Waals surface area contributed by atoms with Crippen LogP contribution in [0.4, 0.5) is 0 Å². The molecule has 0 amide bonds. The molecule has 528 valence electrons. The number of aliphatic hydroxyl groups excluding tert-OH is 2. The summed E-state index contributed by atoms with van der Waals surface area (Å²) in [6.07, 6.45) is 72.1. The number of ether oxygens (including phenoxy) is 3. The number of allylic oxidation sites excluding steroid dienone is 14. The monoisotopic (exact) mass is 1320 g/mol. The minimum atomic E-state index is -4.92. The Morgan fingerprint density at radius 3 is 0.945 bits per heavy atom. The average molecular weight is 1330 g/mol. The second-order valence-electron chi connectivity index (χ2n) is 24.0. The van der Waals surface area contributed by atoms with E-state index in [-0.39, 0.29) is 19.3 Å². The fourth-order valence-electron chi connectivity index (χ4n) is 9.63. The van der Waals surface area contributed by atoms with E-state index in [1.54, 1.807) is 0 Å². The summed E-state index contributed by atoms with van der Waals surface area (Å²) in [4.78, 5) is 58.4. The number of hydrogen-bond acceptors (Lipinski definition) is 14. The molecule has 0 saturated heterocycles. The molecule has 18 heteroatoms. The molecule has 0 rings (SSSR count). The maximum Gasteiger partial charge on any atom is 0.472 e. The number of phosphoric ester groups is 2. The van der Waals surface area contributed by atoms with Crippen LogP contribution in [0.25, 0.3) is 0 Å². The van der Waals surface area contributed by atoms with Gasteiger partial charge in [-0.3, -0.25) is 32.5 Å². The summed E-state index contributed by atoms with van der Waals surface area (Å²) >= 11 is 0. The van der Waals surface area contributed by atoms with Crippen molar-refractivity contribution < 1.29 is 75.8 Å². The maximum absolute atomic E-state index is 12.9. The molecule has 0 spiro atoms. The summed E-state index contributed by atoms with van der Waals surface area (Å²) in [6, 6.07) is 0. The van der Waals surface area contributed by atoms with Crippen LogP contribution < -0.4 is 0 Å². The molecule has 0 aliphatic carbocycles. The van der Waals surface area contributed by atoms with Gasteiger partial charge in [0.15, 0.2) is 6.10 Å². The summed E-state index contributed by atoms with van der Waals surface area (Å²) in [5.74, 6) is -1.59. The number of carbonyl (C=O) groups excluding carboxylic acids is 3. The highest BCUT2D eigenvalue weighted by Crippen LogP contribution is 2.45. The van der Waals surface area contributed by atoms with E-state index in [2.05, 4.69) is 106 Å². The van der Waals surface area contributed by atoms with E-state index in [1.165, 1.54) is 122 Å². The Labute approximate surface area is 553 Å². The number of rotatable bonds is 68. The van der Waals surface area contributed by atoms with Crippen LogP contribution in [0.5, 0.6) is 0 Å². The molecule has 5 atom stereocenters. The van der Waals surface area contributed by atoms with Gasteiger partial charge in [-0.25, -0.2) is 9.13 Å². The van der Waals surface area contributed by atoms with E-state index in [9.17, 15) is 43.5 Å². The highest BCUT2D eigenvalue weighted by Gasteiger charge is 2.29. The fourth-order valence-corrected chi connectivity index (χ4v) is 11.2. The van der Waals surface area contributed by atoms with Gasteiger partial charge in [-0.1, -0.05) is 273 Å². The van der Waals surface area contributed by atoms with Crippen molar-refractivity contribution in [2.24, 2.45) is 0 Å². The van der Waals surface area contributed by atoms with E-state index < -0.39 is 91.5 Å². The summed E-state index contributed by atoms with van der Waals surface area (Å²) < 4.78 is 60.9. The van der Waals surface area contributed by atoms with Crippen LogP contribution in [-0.2, 0) is 55.8 Å². The SMILES string of the molecule is CC/C=C\C/C=C\C/C=C\CCCCCCCC(=O)OCC(COP(=O)(O)OCC(O)COP(=O)(O)OCC(O)COC(=O)CCCCCCCCCCCCC/C=C\C/C=C\C/C=C\C/C=C\CCCCC)OC(=O)CCCCCCCCCCCCCCC. The number of carbonyl (C=O) groups is 3. The molecule has 0 heterocycles. The predicted molar refractivity (Wildman–Crippen MR) is 371 cm³/mol. The minimum absolute atomic E-state index is 0.104. The number of hydrogen-bond donors (Lipinski definition) is 4. The van der Waals surface area contributed by atoms with Crippen LogP contribution in [-0.4, -0.2) is 95.9 Å². The molecule has 0 aromatic carbocycles. The van der Waals surface area contributed by atoms with Gasteiger partial charge >= 0.3 is 33.6 Å². The Kier molecular flexibility index (Phi) is 64.3. The first-order chi connectivity index (χ1) is 44.2. The van der Waals surface area contributed by atoms with Gasteiger partial charge in [-0.15, -0.1) is 0 Å². The smallest absolute Gasteiger partial charge is 0.463 e. The van der Waals surface area contributed by atoms with Gasteiger partial charge in [-0.2, -0.15) is 0 Å². The van der Waals surface area contributed by atoms with Crippen LogP contribution >= 0.6 is 15.6 Å². The molecule has 0 saturated carbocycles. The lowest BCUT2D eigenvalue weighted by Gasteiger charge is -2.21. The van der Waals surface area contributed by atoms with Crippen molar-refractivity contribution >= 4 is 33.6 Å². The van der Waals surface area contributed by atoms with E-state index in [0.717, 1.165) is 122 Å². The van der Waals surface area contributed by atoms with Crippen molar-refractivity contribution in [3.8, 4) is 0 Å². The Balaban J connectivity index is 4.48. The summed E-state index contributed by atoms with van der Waals surface area (Å²) in [6.45, 7) is 2.53. The zero-order chi connectivity index (χ0) is 66.7. The van der Waals surface area contributed by atoms with Gasteiger partial charge in [0, 0.05) is 19.3 Å². The Hall–Kier alpha value is -3.27. The van der Waals surface area contributed by atoms with Gasteiger partial charge < -0.3 is 34.2 Å². The molecule has 0 aliphatic rings. The van der Waals surface area contributed by atoms with Gasteiger partial charge in [0.2, 0.25) is 0 Å². The molecule has 0 aromatic heterocycles. The molecule has 5 unspecified atom stereocenters. The zero-order valence-electron chi connectivity index (χ0n) is 57.3. The fraction of sp³-hybridized carbons (Fsp3) is 0.767. The van der Waals surface area contributed by atoms with Crippen LogP contribution in [0, 0.1) is 0 Å². The first-order valence-corrected chi connectivity index (χ1v) is 38.9. The van der Waals surface area contributed by atoms with Crippen LogP contribution in [0.2, 0.25) is 0 Å². The van der Waals surface area contributed by atoms with Crippen molar-refractivity contribution in [2.75, 3.05) is 39.6 Å². The topological polar surface area (TPSA) is 231 Å². The Bertz CT molecular complexity index is 2000. The van der Waals surface area contributed by atoms with E-state index in [4.69, 9.17) is 32.3 Å². The average Bonchev–Trinajstić information content (AvgIpc) is 3.64. The Morgan fingerprint density at radius 1 is 0.319 bits per heavy atom. The molecule has 0 radical (unpaired) electrons. The second kappa shape index (κ2) is 66.7. The summed E-state index contributed by atoms with van der Waals surface area (Å²) in [7, 11) is -9.77. The Morgan fingerprint density at radius 2 is 0.582 bits per heavy atom. The quantitative estimate of drug-likeness (QED) is 0.0146. The summed E-state index contributed by atoms with van der Waals surface area (Å²) in [5.41, 5.74) is 0. The van der Waals surface area contributed by atoms with Crippen molar-refractivity contribution in [1.29, 1.82) is 0 Å². The number of phosphoric acid groups is 2. The molecule has 0 aromatic rings. The normalized spacial score (nSPS) is 14.7. The first kappa shape index (κ1) is 87.7. The molecule has 91 heavy (non-hydrogen) atoms. The number of esters is 3. The lowest BCUT2D eigenvalue weighted by molar-refractivity contribution is -0.161. The number of aliphatic hydroxyl groups is 2. The van der Waals surface area contributed by atoms with E-state index >= 15 is 0 Å². The van der Waals surface area contributed by atoms with Crippen molar-refractivity contribution in [2.45, 2.75) is 322 Å². The van der Waals surface area contributed by atoms with Crippen LogP contribution in [0.15, 0.2) is 85.1 Å². The molecule has 16 nitrogen and oxygen atoms in total. The van der Waals surface area contributed by atoms with Crippen LogP contribution in [0.3, 0.4) is 0 Å². The van der Waals surface area contributed by atoms with Gasteiger partial charge in [0.25, 0.3) is 0 Å². The lowest BCUT2D eigenvalue weighted by atomic mass is 10.0. The third kappa shape index (κ3) is 67.9. The molecule has 0 fully saturated rings. The molecular formula is C73H130O16P2. The van der Waals surface area contributed by atoms with E-state index in [1.807, 2.05) is 0 Å². The molecule has 4 N–H and O–H groups in total. The first-order valence-electron chi connectivity index (χ1n) is 35.9. The third-order valence-electron chi connectivity index (χ3n) is 15.1. The standard InChI is InChI=1S/C73H130O16P2/c1-4-7-10-13-16-19-22-25-27-28-29-30-31-32-33-34-35-36-37-38-40-43-44-47-50-53-56-59-71(76)83-62-68(74)63-85-90(79,80)86-64-69(75)65-87-91(81,82)88-67-70(89-73(78)61-58-55-52-49-46-41-24-21-18-15-12-9-6-3)66-84-72(77)60-57-54-51-48-45-42-39-26-23-20-17-14-11-8-5-2/h8,11,16-17,19-20,25-27,29-30,32-33,39,68-70,74-75H,4-7,9-10,12-15,18,21-24,28,31,34-38,40-67H2,1-3H3,(H,79,80)(H,81,82)/b11-8-,19-16-,20-17-,27-25-,30-29-,33-32-,39-26-. The second-order valence-corrected chi connectivity index (χ2v) is 26.9. The number of unbranched alkanes of at least 4 members (excludes halogenated alkanes) is 31. The molecular weight excluding hydrogens is 1190 g/mol. The zero-order valence-corrected chi connectivity index (χ0v) is 59.0. The minimum Gasteiger partial charge on any atom is -0.463 e. The predicted octanol–water partition coefficient (Wildman–Crippen LogP) is 20.1. The van der Waals surface area contributed by atoms with Crippen molar-refractivity contribution in [3.05, 3.63) is 85.1 Å². The maximum atomic E-state index is 12.9. The van der Waals surface area contributed by atoms with Crippen LogP contribution in [0.1, 0.15) is 303 Å². The van der Waals surface area contributed by atoms with Crippen molar-refractivity contribution in [1.82, 2.24) is 0 Å².